The number of hydrogen-bond acceptors (Lipinski definition) is 8. The quantitative estimate of drug-likeness (QED) is 0.466. The Kier molecular flexibility index (Phi) is 7.04. The minimum atomic E-state index is -0.765. The van der Waals surface area contributed by atoms with Crippen molar-refractivity contribution in [3.05, 3.63) is 76.6 Å². The van der Waals surface area contributed by atoms with Gasteiger partial charge in [0.2, 0.25) is 0 Å². The number of benzene rings is 1. The van der Waals surface area contributed by atoms with Crippen LogP contribution in [-0.4, -0.2) is 30.9 Å². The number of rotatable bonds is 7. The Morgan fingerprint density at radius 2 is 2.00 bits per heavy atom. The highest BCUT2D eigenvalue weighted by molar-refractivity contribution is 7.11. The van der Waals surface area contributed by atoms with E-state index in [0.29, 0.717) is 44.3 Å². The van der Waals surface area contributed by atoms with Crippen LogP contribution in [0.1, 0.15) is 42.8 Å². The molecule has 0 spiro atoms. The van der Waals surface area contributed by atoms with E-state index >= 15 is 0 Å². The summed E-state index contributed by atoms with van der Waals surface area (Å²) >= 11 is 2.88. The molecular weight excluding hydrogens is 472 g/mol. The molecule has 0 aliphatic carbocycles. The number of allylic oxidation sites excluding steroid dienone is 1. The van der Waals surface area contributed by atoms with E-state index in [-0.39, 0.29) is 12.2 Å². The molecule has 0 N–H and O–H groups in total. The van der Waals surface area contributed by atoms with Crippen molar-refractivity contribution >= 4 is 34.7 Å². The van der Waals surface area contributed by atoms with Gasteiger partial charge in [0.15, 0.2) is 16.3 Å². The maximum absolute atomic E-state index is 13.7. The highest BCUT2D eigenvalue weighted by Crippen LogP contribution is 2.40. The van der Waals surface area contributed by atoms with E-state index in [4.69, 9.17) is 14.2 Å². The topological polar surface area (TPSA) is 79.1 Å². The Hall–Kier alpha value is -3.17. The minimum absolute atomic E-state index is 0.209. The number of hydrogen-bond donors (Lipinski definition) is 0. The maximum atomic E-state index is 13.7. The largest absolute Gasteiger partial charge is 0.493 e. The third-order valence-corrected chi connectivity index (χ3v) is 7.44. The molecule has 1 aromatic carbocycles. The number of esters is 1. The lowest BCUT2D eigenvalue weighted by molar-refractivity contribution is -0.139. The second kappa shape index (κ2) is 9.99. The van der Waals surface area contributed by atoms with Crippen molar-refractivity contribution in [1.82, 2.24) is 4.57 Å². The number of carbonyl (C=O) groups is 1. The van der Waals surface area contributed by atoms with Crippen LogP contribution in [0.2, 0.25) is 0 Å². The van der Waals surface area contributed by atoms with E-state index in [1.807, 2.05) is 43.5 Å². The Morgan fingerprint density at radius 3 is 2.65 bits per heavy atom. The summed E-state index contributed by atoms with van der Waals surface area (Å²) in [6.45, 7) is 8.00. The van der Waals surface area contributed by atoms with Gasteiger partial charge < -0.3 is 14.2 Å². The van der Waals surface area contributed by atoms with Crippen molar-refractivity contribution in [1.29, 1.82) is 0 Å². The van der Waals surface area contributed by atoms with Gasteiger partial charge in [-0.25, -0.2) is 9.79 Å². The Labute approximate surface area is 205 Å². The van der Waals surface area contributed by atoms with Crippen molar-refractivity contribution in [2.24, 2.45) is 4.99 Å². The van der Waals surface area contributed by atoms with Gasteiger partial charge in [-0.2, -0.15) is 0 Å². The molecule has 0 amide bonds. The van der Waals surface area contributed by atoms with Gasteiger partial charge in [0.1, 0.15) is 6.04 Å². The first-order valence-corrected chi connectivity index (χ1v) is 12.6. The third kappa shape index (κ3) is 4.21. The van der Waals surface area contributed by atoms with Gasteiger partial charge in [-0.3, -0.25) is 9.36 Å². The molecule has 1 atom stereocenters. The average Bonchev–Trinajstić information content (AvgIpc) is 3.35. The van der Waals surface area contributed by atoms with Crippen LogP contribution in [-0.2, 0) is 9.53 Å². The SMILES string of the molecule is CCOC(=O)C1=C(C)N=c2s/c(=C\c3sccc3C)c(=O)n2[C@H]1c1cccc(OC)c1OCC. The second-order valence-electron chi connectivity index (χ2n) is 7.58. The molecule has 2 aromatic heterocycles. The van der Waals surface area contributed by atoms with Crippen molar-refractivity contribution in [3.63, 3.8) is 0 Å². The molecule has 178 valence electrons. The molecule has 7 nitrogen and oxygen atoms in total. The summed E-state index contributed by atoms with van der Waals surface area (Å²) in [5, 5.41) is 1.99. The van der Waals surface area contributed by atoms with Gasteiger partial charge >= 0.3 is 5.97 Å². The van der Waals surface area contributed by atoms with Crippen LogP contribution >= 0.6 is 22.7 Å². The number of ether oxygens (including phenoxy) is 3. The predicted octanol–water partition coefficient (Wildman–Crippen LogP) is 3.58. The van der Waals surface area contributed by atoms with Gasteiger partial charge in [0.05, 0.1) is 36.1 Å². The lowest BCUT2D eigenvalue weighted by Crippen LogP contribution is -2.40. The van der Waals surface area contributed by atoms with Gasteiger partial charge in [0.25, 0.3) is 5.56 Å². The van der Waals surface area contributed by atoms with E-state index in [1.54, 1.807) is 42.9 Å². The number of aryl methyl sites for hydroxylation is 1. The lowest BCUT2D eigenvalue weighted by Gasteiger charge is -2.26. The standard InChI is InChI=1S/C25H26N2O5S2/c1-6-31-22-16(9-8-10-17(22)30-5)21-20(24(29)32-7-2)15(4)26-25-27(21)23(28)19(34-25)13-18-14(3)11-12-33-18/h8-13,21H,6-7H2,1-5H3/b19-13-/t21-/m0/s1. The molecule has 34 heavy (non-hydrogen) atoms. The van der Waals surface area contributed by atoms with Crippen LogP contribution in [0.4, 0.5) is 0 Å². The summed E-state index contributed by atoms with van der Waals surface area (Å²) in [7, 11) is 1.56. The highest BCUT2D eigenvalue weighted by Gasteiger charge is 2.35. The van der Waals surface area contributed by atoms with Gasteiger partial charge in [-0.15, -0.1) is 11.3 Å². The first kappa shape index (κ1) is 24.0. The fourth-order valence-corrected chi connectivity index (χ4v) is 5.91. The number of thiophene rings is 1. The van der Waals surface area contributed by atoms with Crippen LogP contribution in [0.25, 0.3) is 6.08 Å². The van der Waals surface area contributed by atoms with E-state index in [1.165, 1.54) is 11.3 Å². The van der Waals surface area contributed by atoms with Crippen molar-refractivity contribution < 1.29 is 19.0 Å². The predicted molar refractivity (Wildman–Crippen MR) is 134 cm³/mol. The Balaban J connectivity index is 2.03. The first-order valence-electron chi connectivity index (χ1n) is 10.9. The number of methoxy groups -OCH3 is 1. The minimum Gasteiger partial charge on any atom is -0.493 e. The van der Waals surface area contributed by atoms with Gasteiger partial charge in [-0.1, -0.05) is 23.5 Å². The number of carbonyl (C=O) groups excluding carboxylic acids is 1. The Morgan fingerprint density at radius 1 is 1.21 bits per heavy atom. The number of thiazole rings is 1. The van der Waals surface area contributed by atoms with E-state index in [0.717, 1.165) is 10.4 Å². The number of aromatic nitrogens is 1. The smallest absolute Gasteiger partial charge is 0.338 e. The second-order valence-corrected chi connectivity index (χ2v) is 9.54. The monoisotopic (exact) mass is 498 g/mol. The normalized spacial score (nSPS) is 15.7. The van der Waals surface area contributed by atoms with Crippen LogP contribution in [0.3, 0.4) is 0 Å². The van der Waals surface area contributed by atoms with Crippen molar-refractivity contribution in [2.75, 3.05) is 20.3 Å². The average molecular weight is 499 g/mol. The summed E-state index contributed by atoms with van der Waals surface area (Å²) in [5.41, 5.74) is 2.33. The number of nitrogens with zero attached hydrogens (tertiary/aromatic N) is 2. The molecule has 9 heteroatoms. The van der Waals surface area contributed by atoms with Crippen LogP contribution in [0.5, 0.6) is 11.5 Å². The van der Waals surface area contributed by atoms with Crippen LogP contribution < -0.4 is 24.4 Å². The van der Waals surface area contributed by atoms with Crippen LogP contribution in [0, 0.1) is 6.92 Å². The van der Waals surface area contributed by atoms with Gasteiger partial charge in [0, 0.05) is 10.4 Å². The highest BCUT2D eigenvalue weighted by atomic mass is 32.1. The lowest BCUT2D eigenvalue weighted by atomic mass is 9.94. The van der Waals surface area contributed by atoms with E-state index in [9.17, 15) is 9.59 Å². The molecule has 3 aromatic rings. The molecule has 1 aliphatic heterocycles. The molecule has 0 radical (unpaired) electrons. The summed E-state index contributed by atoms with van der Waals surface area (Å²) in [4.78, 5) is 33.0. The van der Waals surface area contributed by atoms with Gasteiger partial charge in [-0.05, 0) is 56.8 Å². The molecular formula is C25H26N2O5S2. The maximum Gasteiger partial charge on any atom is 0.338 e. The van der Waals surface area contributed by atoms with E-state index < -0.39 is 12.0 Å². The summed E-state index contributed by atoms with van der Waals surface area (Å²) in [6, 6.07) is 6.71. The Bertz CT molecular complexity index is 1440. The van der Waals surface area contributed by atoms with Crippen LogP contribution in [0.15, 0.2) is 50.7 Å². The zero-order valence-corrected chi connectivity index (χ0v) is 21.3. The fourth-order valence-electron chi connectivity index (χ4n) is 3.94. The first-order chi connectivity index (χ1) is 16.4. The molecule has 0 saturated heterocycles. The zero-order chi connectivity index (χ0) is 24.4. The fraction of sp³-hybridized carbons (Fsp3) is 0.320. The molecule has 0 fully saturated rings. The number of para-hydroxylation sites is 1. The zero-order valence-electron chi connectivity index (χ0n) is 19.7. The molecule has 0 saturated carbocycles. The van der Waals surface area contributed by atoms with E-state index in [2.05, 4.69) is 4.99 Å². The molecule has 0 unspecified atom stereocenters. The molecule has 1 aliphatic rings. The molecule has 4 rings (SSSR count). The van der Waals surface area contributed by atoms with Crippen molar-refractivity contribution in [2.45, 2.75) is 33.7 Å². The summed E-state index contributed by atoms with van der Waals surface area (Å²) < 4.78 is 19.0. The number of fused-ring (bicyclic) bond motifs is 1. The molecule has 3 heterocycles. The summed E-state index contributed by atoms with van der Waals surface area (Å²) in [6.07, 6.45) is 1.89. The summed E-state index contributed by atoms with van der Waals surface area (Å²) in [5.74, 6) is 0.494. The molecule has 0 bridgehead atoms. The third-order valence-electron chi connectivity index (χ3n) is 5.49. The van der Waals surface area contributed by atoms with Crippen molar-refractivity contribution in [3.8, 4) is 11.5 Å².